The third kappa shape index (κ3) is 19.2. The van der Waals surface area contributed by atoms with Gasteiger partial charge in [0, 0.05) is 33.1 Å². The fourth-order valence-corrected chi connectivity index (χ4v) is 1.30. The third-order valence-corrected chi connectivity index (χ3v) is 2.59. The lowest BCUT2D eigenvalue weighted by atomic mass is 10.2. The first kappa shape index (κ1) is 25.4. The predicted octanol–water partition coefficient (Wildman–Crippen LogP) is -1.83. The number of hydrogen-bond donors (Lipinski definition) is 7. The van der Waals surface area contributed by atoms with Crippen LogP contribution in [-0.2, 0) is 9.59 Å². The topological polar surface area (TPSA) is 222 Å². The number of nitrogens with zero attached hydrogens (tertiary/aromatic N) is 3. The van der Waals surface area contributed by atoms with E-state index in [1.165, 1.54) is 4.90 Å². The second-order valence-corrected chi connectivity index (χ2v) is 5.58. The van der Waals surface area contributed by atoms with Crippen LogP contribution in [0.2, 0.25) is 0 Å². The Labute approximate surface area is 153 Å². The van der Waals surface area contributed by atoms with Gasteiger partial charge in [-0.3, -0.25) is 25.3 Å². The first-order chi connectivity index (χ1) is 12.0. The molecule has 0 aliphatic rings. The number of nitrogens with two attached hydrogens (primary N) is 4. The molecule has 0 unspecified atom stereocenters. The van der Waals surface area contributed by atoms with Crippen molar-refractivity contribution in [1.82, 2.24) is 10.2 Å². The first-order valence-corrected chi connectivity index (χ1v) is 7.88. The van der Waals surface area contributed by atoms with Crippen molar-refractivity contribution in [2.75, 3.05) is 20.6 Å². The maximum Gasteiger partial charge on any atom is 0.303 e. The highest BCUT2D eigenvalue weighted by Crippen LogP contribution is 1.93. The number of rotatable bonds is 7. The molecule has 1 atom stereocenters. The number of amides is 1. The molecule has 150 valence electrons. The van der Waals surface area contributed by atoms with Crippen LogP contribution in [0.5, 0.6) is 0 Å². The minimum Gasteiger partial charge on any atom is -0.481 e. The van der Waals surface area contributed by atoms with Gasteiger partial charge in [0.05, 0.1) is 6.42 Å². The largest absolute Gasteiger partial charge is 0.481 e. The Kier molecular flexibility index (Phi) is 14.1. The van der Waals surface area contributed by atoms with Crippen LogP contribution < -0.4 is 28.3 Å². The van der Waals surface area contributed by atoms with Crippen molar-refractivity contribution in [1.29, 1.82) is 5.41 Å². The van der Waals surface area contributed by atoms with Gasteiger partial charge in [0.15, 0.2) is 11.9 Å². The van der Waals surface area contributed by atoms with Crippen molar-refractivity contribution in [3.05, 3.63) is 0 Å². The molecule has 12 nitrogen and oxygen atoms in total. The van der Waals surface area contributed by atoms with E-state index in [0.29, 0.717) is 6.54 Å². The Hall–Kier alpha value is -2.89. The van der Waals surface area contributed by atoms with Crippen molar-refractivity contribution in [3.8, 4) is 0 Å². The molecule has 12 heteroatoms. The zero-order valence-corrected chi connectivity index (χ0v) is 15.5. The Balaban J connectivity index is 0. The summed E-state index contributed by atoms with van der Waals surface area (Å²) in [5, 5.41) is 17.7. The van der Waals surface area contributed by atoms with Gasteiger partial charge in [0.1, 0.15) is 0 Å². The highest BCUT2D eigenvalue weighted by atomic mass is 16.4. The highest BCUT2D eigenvalue weighted by Gasteiger charge is 2.06. The van der Waals surface area contributed by atoms with E-state index < -0.39 is 11.9 Å². The molecule has 0 aromatic heterocycles. The molecule has 0 spiro atoms. The average Bonchev–Trinajstić information content (AvgIpc) is 2.49. The summed E-state index contributed by atoms with van der Waals surface area (Å²) < 4.78 is 0. The normalized spacial score (nSPS) is 11.5. The van der Waals surface area contributed by atoms with Crippen LogP contribution in [0.25, 0.3) is 0 Å². The van der Waals surface area contributed by atoms with Crippen LogP contribution in [0.4, 0.5) is 0 Å². The second kappa shape index (κ2) is 14.5. The molecular formula is C14H31N9O3. The van der Waals surface area contributed by atoms with Crippen molar-refractivity contribution >= 4 is 29.8 Å². The van der Waals surface area contributed by atoms with E-state index in [-0.39, 0.29) is 36.8 Å². The van der Waals surface area contributed by atoms with E-state index in [0.717, 1.165) is 12.8 Å². The van der Waals surface area contributed by atoms with Crippen molar-refractivity contribution in [3.63, 3.8) is 0 Å². The van der Waals surface area contributed by atoms with Crippen molar-refractivity contribution < 1.29 is 14.7 Å². The van der Waals surface area contributed by atoms with Gasteiger partial charge in [-0.25, -0.2) is 0 Å². The number of hydrogen-bond acceptors (Lipinski definition) is 5. The van der Waals surface area contributed by atoms with Gasteiger partial charge in [-0.1, -0.05) is 0 Å². The van der Waals surface area contributed by atoms with Gasteiger partial charge >= 0.3 is 5.97 Å². The third-order valence-electron chi connectivity index (χ3n) is 2.59. The van der Waals surface area contributed by atoms with Crippen molar-refractivity contribution in [2.45, 2.75) is 38.6 Å². The minimum atomic E-state index is -1.02. The molecule has 0 aliphatic carbocycles. The van der Waals surface area contributed by atoms with Gasteiger partial charge in [-0.2, -0.15) is 4.99 Å². The Morgan fingerprint density at radius 1 is 1.23 bits per heavy atom. The highest BCUT2D eigenvalue weighted by molar-refractivity contribution is 5.96. The van der Waals surface area contributed by atoms with Gasteiger partial charge in [-0.05, 0) is 19.8 Å². The molecule has 0 aromatic rings. The number of carboxylic acids is 1. The molecule has 1 amide bonds. The molecule has 0 radical (unpaired) electrons. The molecule has 0 saturated carbocycles. The Bertz CT molecular complexity index is 512. The summed E-state index contributed by atoms with van der Waals surface area (Å²) in [4.78, 5) is 30.2. The lowest BCUT2D eigenvalue weighted by Crippen LogP contribution is -2.37. The number of carbonyl (C=O) groups excluding carboxylic acids is 1. The van der Waals surface area contributed by atoms with Gasteiger partial charge in [-0.15, -0.1) is 0 Å². The number of aliphatic carboxylic acids is 1. The zero-order valence-electron chi connectivity index (χ0n) is 15.5. The summed E-state index contributed by atoms with van der Waals surface area (Å²) in [5.74, 6) is -1.48. The molecule has 11 N–H and O–H groups in total. The number of carboxylic acid groups (broad SMARTS) is 1. The lowest BCUT2D eigenvalue weighted by Gasteiger charge is -2.07. The maximum atomic E-state index is 11.1. The summed E-state index contributed by atoms with van der Waals surface area (Å²) in [6.45, 7) is 2.40. The molecule has 0 fully saturated rings. The fraction of sp³-hybridized carbons (Fsp3) is 0.643. The molecule has 0 rings (SSSR count). The van der Waals surface area contributed by atoms with Crippen molar-refractivity contribution in [2.24, 2.45) is 32.9 Å². The summed E-state index contributed by atoms with van der Waals surface area (Å²) in [7, 11) is 3.38. The summed E-state index contributed by atoms with van der Waals surface area (Å²) >= 11 is 0. The van der Waals surface area contributed by atoms with Crippen LogP contribution in [0.15, 0.2) is 9.98 Å². The quantitative estimate of drug-likeness (QED) is 0.152. The van der Waals surface area contributed by atoms with Crippen LogP contribution in [0.1, 0.15) is 32.6 Å². The number of aliphatic imine (C=N–C) groups is 2. The second-order valence-electron chi connectivity index (χ2n) is 5.58. The molecule has 0 aromatic carbocycles. The van der Waals surface area contributed by atoms with Gasteiger partial charge in [0.25, 0.3) is 0 Å². The number of guanidine groups is 3. The molecule has 0 bridgehead atoms. The van der Waals surface area contributed by atoms with E-state index >= 15 is 0 Å². The van der Waals surface area contributed by atoms with Gasteiger partial charge < -0.3 is 32.9 Å². The molecule has 26 heavy (non-hydrogen) atoms. The summed E-state index contributed by atoms with van der Waals surface area (Å²) in [6.07, 6.45) is 1.31. The summed E-state index contributed by atoms with van der Waals surface area (Å²) in [6, 6.07) is 0.122. The number of carbonyl (C=O) groups is 2. The average molecular weight is 373 g/mol. The molecule has 0 heterocycles. The lowest BCUT2D eigenvalue weighted by molar-refractivity contribution is -0.138. The monoisotopic (exact) mass is 373 g/mol. The molecule has 0 saturated heterocycles. The molecular weight excluding hydrogens is 342 g/mol. The van der Waals surface area contributed by atoms with E-state index in [4.69, 9.17) is 33.5 Å². The minimum absolute atomic E-state index is 0.0186. The number of nitrogens with one attached hydrogen (secondary N) is 2. The van der Waals surface area contributed by atoms with Crippen LogP contribution in [0, 0.1) is 5.41 Å². The first-order valence-electron chi connectivity index (χ1n) is 7.88. The Morgan fingerprint density at radius 3 is 2.19 bits per heavy atom. The van der Waals surface area contributed by atoms with Crippen LogP contribution >= 0.6 is 0 Å². The zero-order chi connectivity index (χ0) is 20.7. The summed E-state index contributed by atoms with van der Waals surface area (Å²) in [5.41, 5.74) is 21.0. The maximum absolute atomic E-state index is 11.1. The van der Waals surface area contributed by atoms with E-state index in [2.05, 4.69) is 15.3 Å². The Morgan fingerprint density at radius 2 is 1.81 bits per heavy atom. The van der Waals surface area contributed by atoms with Crippen LogP contribution in [0.3, 0.4) is 0 Å². The smallest absolute Gasteiger partial charge is 0.303 e. The van der Waals surface area contributed by atoms with E-state index in [1.807, 2.05) is 6.92 Å². The fourth-order valence-electron chi connectivity index (χ4n) is 1.30. The SMILES string of the molecule is CN(C)C(=N)N=C(N)N.C[C@@H](N)CCCN=C(N)NC(=O)CCC(=O)O. The van der Waals surface area contributed by atoms with Crippen LogP contribution in [-0.4, -0.2) is 66.4 Å². The van der Waals surface area contributed by atoms with Gasteiger partial charge in [0.2, 0.25) is 11.9 Å². The van der Waals surface area contributed by atoms with E-state index in [1.54, 1.807) is 14.1 Å². The predicted molar refractivity (Wildman–Crippen MR) is 102 cm³/mol. The molecule has 0 aliphatic heterocycles. The standard InChI is InChI=1S/C10H20N4O3.C4H11N5/c1-7(11)3-2-6-13-10(12)14-8(15)4-5-9(16)17;1-9(2)4(7)8-3(5)6/h7H,2-6,11H2,1H3,(H,16,17)(H3,12,13,14,15);1-2H3,(H5,5,6,7,8)/t7-;/m1./s1. The van der Waals surface area contributed by atoms with E-state index in [9.17, 15) is 9.59 Å².